The monoisotopic (exact) mass is 391 g/mol. The number of anilines is 2. The fraction of sp³-hybridized carbons (Fsp3) is 0.381. The molecule has 3 aromatic rings. The molecule has 1 saturated heterocycles. The quantitative estimate of drug-likeness (QED) is 0.680. The third-order valence-corrected chi connectivity index (χ3v) is 5.59. The molecule has 0 bridgehead atoms. The Bertz CT molecular complexity index is 1040. The van der Waals surface area contributed by atoms with E-state index in [9.17, 15) is 4.39 Å². The second kappa shape index (κ2) is 7.02. The summed E-state index contributed by atoms with van der Waals surface area (Å²) in [6.07, 6.45) is 5.35. The zero-order chi connectivity index (χ0) is 20.0. The van der Waals surface area contributed by atoms with Crippen molar-refractivity contribution in [3.05, 3.63) is 53.7 Å². The van der Waals surface area contributed by atoms with E-state index in [-0.39, 0.29) is 6.04 Å². The summed E-state index contributed by atoms with van der Waals surface area (Å²) in [4.78, 5) is 26.7. The first-order valence-corrected chi connectivity index (χ1v) is 9.86. The number of hydrogen-bond donors (Lipinski definition) is 0. The van der Waals surface area contributed by atoms with Crippen LogP contribution in [-0.2, 0) is 6.42 Å². The Morgan fingerprint density at radius 3 is 2.59 bits per heavy atom. The van der Waals surface area contributed by atoms with E-state index in [4.69, 9.17) is 4.98 Å². The summed E-state index contributed by atoms with van der Waals surface area (Å²) in [5.74, 6) is 1.95. The number of aryl methyl sites for hydroxylation is 1. The van der Waals surface area contributed by atoms with Crippen LogP contribution >= 0.6 is 0 Å². The smallest absolute Gasteiger partial charge is 0.197 e. The highest BCUT2D eigenvalue weighted by Crippen LogP contribution is 2.35. The van der Waals surface area contributed by atoms with Gasteiger partial charge in [0.2, 0.25) is 0 Å². The van der Waals surface area contributed by atoms with Crippen molar-refractivity contribution in [3.63, 3.8) is 0 Å². The molecule has 1 atom stereocenters. The van der Waals surface area contributed by atoms with Gasteiger partial charge in [0.1, 0.15) is 12.0 Å². The van der Waals surface area contributed by atoms with Gasteiger partial charge in [-0.2, -0.15) is 0 Å². The molecular formula is C21H22FN7. The molecule has 5 heterocycles. The van der Waals surface area contributed by atoms with E-state index in [2.05, 4.69) is 43.9 Å². The fourth-order valence-electron chi connectivity index (χ4n) is 4.01. The molecule has 8 heteroatoms. The summed E-state index contributed by atoms with van der Waals surface area (Å²) in [6, 6.07) is 6.06. The van der Waals surface area contributed by atoms with Gasteiger partial charge in [0, 0.05) is 54.6 Å². The number of hydrogen-bond acceptors (Lipinski definition) is 7. The van der Waals surface area contributed by atoms with Gasteiger partial charge in [0.15, 0.2) is 11.6 Å². The highest BCUT2D eigenvalue weighted by atomic mass is 19.1. The van der Waals surface area contributed by atoms with Crippen LogP contribution < -0.4 is 9.80 Å². The summed E-state index contributed by atoms with van der Waals surface area (Å²) in [5.41, 5.74) is 4.19. The minimum Gasteiger partial charge on any atom is -0.364 e. The molecule has 5 rings (SSSR count). The molecule has 2 aliphatic rings. The van der Waals surface area contributed by atoms with Crippen molar-refractivity contribution in [2.75, 3.05) is 29.4 Å². The average molecular weight is 391 g/mol. The number of halogens is 1. The second-order valence-electron chi connectivity index (χ2n) is 7.61. The Balaban J connectivity index is 1.44. The van der Waals surface area contributed by atoms with Crippen molar-refractivity contribution in [3.8, 4) is 11.6 Å². The highest BCUT2D eigenvalue weighted by Gasteiger charge is 2.30. The third-order valence-electron chi connectivity index (χ3n) is 5.59. The molecule has 0 aliphatic carbocycles. The lowest BCUT2D eigenvalue weighted by Gasteiger charge is -2.39. The predicted octanol–water partition coefficient (Wildman–Crippen LogP) is 2.92. The maximum Gasteiger partial charge on any atom is 0.197 e. The van der Waals surface area contributed by atoms with Crippen LogP contribution in [0.25, 0.3) is 11.6 Å². The Labute approximate surface area is 168 Å². The van der Waals surface area contributed by atoms with Gasteiger partial charge in [-0.05, 0) is 26.0 Å². The van der Waals surface area contributed by atoms with Crippen molar-refractivity contribution in [2.45, 2.75) is 32.5 Å². The normalized spacial score (nSPS) is 19.1. The summed E-state index contributed by atoms with van der Waals surface area (Å²) < 4.78 is 13.3. The number of alkyl halides is 1. The second-order valence-corrected chi connectivity index (χ2v) is 7.61. The molecule has 0 aromatic carbocycles. The van der Waals surface area contributed by atoms with Crippen LogP contribution in [0.5, 0.6) is 0 Å². The van der Waals surface area contributed by atoms with Crippen molar-refractivity contribution in [1.29, 1.82) is 0 Å². The van der Waals surface area contributed by atoms with Crippen LogP contribution in [0.4, 0.5) is 15.9 Å². The largest absolute Gasteiger partial charge is 0.364 e. The number of nitrogens with zero attached hydrogens (tertiary/aromatic N) is 7. The number of pyridine rings is 1. The van der Waals surface area contributed by atoms with Crippen molar-refractivity contribution in [2.24, 2.45) is 0 Å². The minimum absolute atomic E-state index is 0.129. The minimum atomic E-state index is -0.749. The Morgan fingerprint density at radius 1 is 1.03 bits per heavy atom. The van der Waals surface area contributed by atoms with E-state index >= 15 is 0 Å². The molecule has 3 aromatic heterocycles. The summed E-state index contributed by atoms with van der Waals surface area (Å²) in [5, 5.41) is 0. The van der Waals surface area contributed by atoms with Crippen LogP contribution in [0.15, 0.2) is 36.8 Å². The van der Waals surface area contributed by atoms with E-state index in [1.807, 2.05) is 18.0 Å². The lowest BCUT2D eigenvalue weighted by atomic mass is 9.98. The third kappa shape index (κ3) is 3.28. The summed E-state index contributed by atoms with van der Waals surface area (Å²) in [6.45, 7) is 5.84. The van der Waals surface area contributed by atoms with Crippen molar-refractivity contribution in [1.82, 2.24) is 24.9 Å². The van der Waals surface area contributed by atoms with Gasteiger partial charge in [-0.3, -0.25) is 0 Å². The molecule has 0 amide bonds. The van der Waals surface area contributed by atoms with E-state index in [1.54, 1.807) is 18.5 Å². The maximum absolute atomic E-state index is 13.3. The fourth-order valence-corrected chi connectivity index (χ4v) is 4.01. The van der Waals surface area contributed by atoms with E-state index in [0.29, 0.717) is 24.7 Å². The van der Waals surface area contributed by atoms with Crippen molar-refractivity contribution < 1.29 is 4.39 Å². The zero-order valence-electron chi connectivity index (χ0n) is 16.5. The van der Waals surface area contributed by atoms with E-state index in [0.717, 1.165) is 41.4 Å². The van der Waals surface area contributed by atoms with Crippen LogP contribution in [0.1, 0.15) is 29.9 Å². The summed E-state index contributed by atoms with van der Waals surface area (Å²) >= 11 is 0. The molecule has 0 N–H and O–H groups in total. The Hall–Kier alpha value is -3.16. The summed E-state index contributed by atoms with van der Waals surface area (Å²) in [7, 11) is 0. The maximum atomic E-state index is 13.3. The van der Waals surface area contributed by atoms with Gasteiger partial charge in [-0.15, -0.1) is 0 Å². The topological polar surface area (TPSA) is 70.9 Å². The lowest BCUT2D eigenvalue weighted by Crippen LogP contribution is -2.49. The van der Waals surface area contributed by atoms with E-state index < -0.39 is 6.17 Å². The molecule has 2 aliphatic heterocycles. The van der Waals surface area contributed by atoms with Crippen molar-refractivity contribution >= 4 is 11.5 Å². The van der Waals surface area contributed by atoms with Crippen LogP contribution in [0.2, 0.25) is 0 Å². The number of aromatic nitrogens is 5. The molecule has 148 valence electrons. The predicted molar refractivity (Wildman–Crippen MR) is 109 cm³/mol. The Kier molecular flexibility index (Phi) is 4.34. The van der Waals surface area contributed by atoms with E-state index in [1.165, 1.54) is 0 Å². The first kappa shape index (κ1) is 17.9. The highest BCUT2D eigenvalue weighted by molar-refractivity contribution is 5.60. The van der Waals surface area contributed by atoms with Gasteiger partial charge in [0.05, 0.1) is 24.8 Å². The van der Waals surface area contributed by atoms with Crippen LogP contribution in [-0.4, -0.2) is 50.7 Å². The van der Waals surface area contributed by atoms with Gasteiger partial charge < -0.3 is 9.80 Å². The molecule has 7 nitrogen and oxygen atoms in total. The SMILES string of the molecule is Cc1cc(N2CCc3nc(-c4ncccn4)ncc3C2C)cc(N2CC(F)C2)n1. The lowest BCUT2D eigenvalue weighted by molar-refractivity contribution is 0.273. The molecular weight excluding hydrogens is 369 g/mol. The molecule has 29 heavy (non-hydrogen) atoms. The van der Waals surface area contributed by atoms with Gasteiger partial charge in [-0.1, -0.05) is 0 Å². The van der Waals surface area contributed by atoms with Gasteiger partial charge in [0.25, 0.3) is 0 Å². The molecule has 0 radical (unpaired) electrons. The standard InChI is InChI=1S/C21H22FN7/c1-13-8-16(9-19(26-13)28-11-15(22)12-28)29-7-4-18-17(14(29)2)10-25-21(27-18)20-23-5-3-6-24-20/h3,5-6,8-10,14-15H,4,7,11-12H2,1-2H3. The van der Waals surface area contributed by atoms with Crippen LogP contribution in [0.3, 0.4) is 0 Å². The number of fused-ring (bicyclic) bond motifs is 1. The molecule has 0 spiro atoms. The average Bonchev–Trinajstić information content (AvgIpc) is 2.71. The van der Waals surface area contributed by atoms with Gasteiger partial charge in [-0.25, -0.2) is 29.3 Å². The molecule has 0 saturated carbocycles. The first-order valence-electron chi connectivity index (χ1n) is 9.86. The Morgan fingerprint density at radius 2 is 1.83 bits per heavy atom. The van der Waals surface area contributed by atoms with Crippen LogP contribution in [0, 0.1) is 6.92 Å². The first-order chi connectivity index (χ1) is 14.1. The molecule has 1 unspecified atom stereocenters. The zero-order valence-corrected chi connectivity index (χ0v) is 16.5. The number of rotatable bonds is 3. The molecule has 1 fully saturated rings. The van der Waals surface area contributed by atoms with Gasteiger partial charge >= 0.3 is 0 Å².